The molecule has 1 aliphatic rings. The van der Waals surface area contributed by atoms with Crippen LogP contribution in [0.25, 0.3) is 0 Å². The summed E-state index contributed by atoms with van der Waals surface area (Å²) in [4.78, 5) is 14.5. The second-order valence-corrected chi connectivity index (χ2v) is 6.79. The summed E-state index contributed by atoms with van der Waals surface area (Å²) in [5.41, 5.74) is 3.00. The van der Waals surface area contributed by atoms with E-state index in [1.807, 2.05) is 55.5 Å². The molecule has 5 nitrogen and oxygen atoms in total. The van der Waals surface area contributed by atoms with Gasteiger partial charge in [-0.3, -0.25) is 4.79 Å². The fourth-order valence-electron chi connectivity index (χ4n) is 2.92. The van der Waals surface area contributed by atoms with Crippen molar-refractivity contribution in [2.75, 3.05) is 43.1 Å². The monoisotopic (exact) mass is 373 g/mol. The highest BCUT2D eigenvalue weighted by atomic mass is 35.5. The van der Waals surface area contributed by atoms with E-state index in [0.717, 1.165) is 43.2 Å². The van der Waals surface area contributed by atoms with Crippen LogP contribution in [0, 0.1) is 0 Å². The minimum atomic E-state index is -0.0713. The number of halogens is 1. The number of hydrogen-bond acceptors (Lipinski definition) is 4. The zero-order valence-corrected chi connectivity index (χ0v) is 15.6. The SMILES string of the molecule is C[C@H](NCC(=O)Nc1ccc(N2CCOCC2)cc1)c1cccc(Cl)c1. The van der Waals surface area contributed by atoms with Gasteiger partial charge in [0.25, 0.3) is 0 Å². The predicted molar refractivity (Wildman–Crippen MR) is 106 cm³/mol. The van der Waals surface area contributed by atoms with Crippen LogP contribution in [-0.4, -0.2) is 38.8 Å². The highest BCUT2D eigenvalue weighted by Gasteiger charge is 2.12. The van der Waals surface area contributed by atoms with E-state index in [1.165, 1.54) is 0 Å². The molecule has 1 aliphatic heterocycles. The van der Waals surface area contributed by atoms with Gasteiger partial charge in [-0.2, -0.15) is 0 Å². The molecule has 138 valence electrons. The van der Waals surface area contributed by atoms with Crippen LogP contribution in [0.5, 0.6) is 0 Å². The average molecular weight is 374 g/mol. The van der Waals surface area contributed by atoms with Crippen LogP contribution in [0.1, 0.15) is 18.5 Å². The van der Waals surface area contributed by atoms with Crippen LogP contribution < -0.4 is 15.5 Å². The summed E-state index contributed by atoms with van der Waals surface area (Å²) in [6.45, 7) is 5.56. The summed E-state index contributed by atoms with van der Waals surface area (Å²) in [6.07, 6.45) is 0. The van der Waals surface area contributed by atoms with Gasteiger partial charge < -0.3 is 20.3 Å². The number of rotatable bonds is 6. The zero-order valence-electron chi connectivity index (χ0n) is 14.9. The average Bonchev–Trinajstić information content (AvgIpc) is 2.67. The maximum atomic E-state index is 12.2. The third-order valence-corrected chi connectivity index (χ3v) is 4.68. The van der Waals surface area contributed by atoms with Crippen molar-refractivity contribution in [2.45, 2.75) is 13.0 Å². The van der Waals surface area contributed by atoms with Gasteiger partial charge in [-0.25, -0.2) is 0 Å². The van der Waals surface area contributed by atoms with Gasteiger partial charge in [0.15, 0.2) is 0 Å². The number of ether oxygens (including phenoxy) is 1. The molecular formula is C20H24ClN3O2. The van der Waals surface area contributed by atoms with Crippen molar-refractivity contribution in [1.29, 1.82) is 0 Å². The quantitative estimate of drug-likeness (QED) is 0.814. The first-order chi connectivity index (χ1) is 12.6. The smallest absolute Gasteiger partial charge is 0.238 e. The van der Waals surface area contributed by atoms with Crippen LogP contribution in [-0.2, 0) is 9.53 Å². The number of amides is 1. The van der Waals surface area contributed by atoms with E-state index in [1.54, 1.807) is 0 Å². The molecule has 2 N–H and O–H groups in total. The van der Waals surface area contributed by atoms with E-state index < -0.39 is 0 Å². The van der Waals surface area contributed by atoms with Crippen molar-refractivity contribution in [3.63, 3.8) is 0 Å². The zero-order chi connectivity index (χ0) is 18.4. The first-order valence-electron chi connectivity index (χ1n) is 8.83. The Morgan fingerprint density at radius 1 is 1.19 bits per heavy atom. The molecule has 3 rings (SSSR count). The lowest BCUT2D eigenvalue weighted by Crippen LogP contribution is -2.36. The molecular weight excluding hydrogens is 350 g/mol. The first kappa shape index (κ1) is 18.7. The summed E-state index contributed by atoms with van der Waals surface area (Å²) in [7, 11) is 0. The van der Waals surface area contributed by atoms with Crippen molar-refractivity contribution in [2.24, 2.45) is 0 Å². The lowest BCUT2D eigenvalue weighted by Gasteiger charge is -2.28. The highest BCUT2D eigenvalue weighted by molar-refractivity contribution is 6.30. The third-order valence-electron chi connectivity index (χ3n) is 4.44. The Balaban J connectivity index is 1.48. The fraction of sp³-hybridized carbons (Fsp3) is 0.350. The van der Waals surface area contributed by atoms with Gasteiger partial charge in [-0.1, -0.05) is 23.7 Å². The Morgan fingerprint density at radius 2 is 1.92 bits per heavy atom. The number of hydrogen-bond donors (Lipinski definition) is 2. The summed E-state index contributed by atoms with van der Waals surface area (Å²) in [5.74, 6) is -0.0713. The van der Waals surface area contributed by atoms with Gasteiger partial charge in [0, 0.05) is 35.5 Å². The first-order valence-corrected chi connectivity index (χ1v) is 9.21. The van der Waals surface area contributed by atoms with Crippen molar-refractivity contribution < 1.29 is 9.53 Å². The van der Waals surface area contributed by atoms with E-state index in [2.05, 4.69) is 15.5 Å². The van der Waals surface area contributed by atoms with Gasteiger partial charge >= 0.3 is 0 Å². The normalized spacial score (nSPS) is 15.5. The van der Waals surface area contributed by atoms with E-state index in [-0.39, 0.29) is 18.5 Å². The number of morpholine rings is 1. The standard InChI is InChI=1S/C20H24ClN3O2/c1-15(16-3-2-4-17(21)13-16)22-14-20(25)23-18-5-7-19(8-6-18)24-9-11-26-12-10-24/h2-8,13,15,22H,9-12,14H2,1H3,(H,23,25)/t15-/m0/s1. The number of carbonyl (C=O) groups is 1. The van der Waals surface area contributed by atoms with E-state index in [0.29, 0.717) is 5.02 Å². The Labute approximate surface area is 159 Å². The van der Waals surface area contributed by atoms with Gasteiger partial charge in [0.05, 0.1) is 19.8 Å². The summed E-state index contributed by atoms with van der Waals surface area (Å²) in [6, 6.07) is 15.6. The molecule has 2 aromatic rings. The Hall–Kier alpha value is -2.08. The van der Waals surface area contributed by atoms with Gasteiger partial charge in [-0.15, -0.1) is 0 Å². The molecule has 0 aromatic heterocycles. The van der Waals surface area contributed by atoms with Crippen molar-refractivity contribution in [1.82, 2.24) is 5.32 Å². The number of nitrogens with one attached hydrogen (secondary N) is 2. The lowest BCUT2D eigenvalue weighted by atomic mass is 10.1. The van der Waals surface area contributed by atoms with Crippen LogP contribution >= 0.6 is 11.6 Å². The Bertz CT molecular complexity index is 730. The largest absolute Gasteiger partial charge is 0.378 e. The number of benzene rings is 2. The van der Waals surface area contributed by atoms with Crippen molar-refractivity contribution >= 4 is 28.9 Å². The fourth-order valence-corrected chi connectivity index (χ4v) is 3.12. The van der Waals surface area contributed by atoms with Crippen LogP contribution in [0.4, 0.5) is 11.4 Å². The molecule has 0 aliphatic carbocycles. The number of carbonyl (C=O) groups excluding carboxylic acids is 1. The molecule has 0 radical (unpaired) electrons. The second-order valence-electron chi connectivity index (χ2n) is 6.35. The molecule has 1 heterocycles. The van der Waals surface area contributed by atoms with Gasteiger partial charge in [0.1, 0.15) is 0 Å². The molecule has 0 unspecified atom stereocenters. The van der Waals surface area contributed by atoms with E-state index >= 15 is 0 Å². The number of anilines is 2. The molecule has 0 bridgehead atoms. The Kier molecular flexibility index (Phi) is 6.50. The molecule has 0 saturated carbocycles. The van der Waals surface area contributed by atoms with E-state index in [9.17, 15) is 4.79 Å². The van der Waals surface area contributed by atoms with Gasteiger partial charge in [0.2, 0.25) is 5.91 Å². The second kappa shape index (κ2) is 9.03. The highest BCUT2D eigenvalue weighted by Crippen LogP contribution is 2.19. The topological polar surface area (TPSA) is 53.6 Å². The summed E-state index contributed by atoms with van der Waals surface area (Å²) < 4.78 is 5.37. The van der Waals surface area contributed by atoms with E-state index in [4.69, 9.17) is 16.3 Å². The van der Waals surface area contributed by atoms with Crippen molar-refractivity contribution in [3.8, 4) is 0 Å². The molecule has 2 aromatic carbocycles. The van der Waals surface area contributed by atoms with Gasteiger partial charge in [-0.05, 0) is 48.9 Å². The molecule has 1 atom stereocenters. The molecule has 1 amide bonds. The van der Waals surface area contributed by atoms with Crippen LogP contribution in [0.3, 0.4) is 0 Å². The predicted octanol–water partition coefficient (Wildman–Crippen LogP) is 3.47. The summed E-state index contributed by atoms with van der Waals surface area (Å²) >= 11 is 6.01. The summed E-state index contributed by atoms with van der Waals surface area (Å²) in [5, 5.41) is 6.83. The maximum absolute atomic E-state index is 12.2. The van der Waals surface area contributed by atoms with Crippen LogP contribution in [0.2, 0.25) is 5.02 Å². The maximum Gasteiger partial charge on any atom is 0.238 e. The molecule has 0 spiro atoms. The molecule has 26 heavy (non-hydrogen) atoms. The minimum Gasteiger partial charge on any atom is -0.378 e. The lowest BCUT2D eigenvalue weighted by molar-refractivity contribution is -0.115. The Morgan fingerprint density at radius 3 is 2.62 bits per heavy atom. The van der Waals surface area contributed by atoms with Crippen LogP contribution in [0.15, 0.2) is 48.5 Å². The molecule has 1 saturated heterocycles. The van der Waals surface area contributed by atoms with Crippen molar-refractivity contribution in [3.05, 3.63) is 59.1 Å². The number of nitrogens with zero attached hydrogens (tertiary/aromatic N) is 1. The third kappa shape index (κ3) is 5.21. The molecule has 1 fully saturated rings. The minimum absolute atomic E-state index is 0.0446. The molecule has 6 heteroatoms.